The van der Waals surface area contributed by atoms with Crippen molar-refractivity contribution >= 4 is 11.7 Å². The molecule has 28 heavy (non-hydrogen) atoms. The quantitative estimate of drug-likeness (QED) is 0.816. The molecule has 0 aromatic heterocycles. The predicted molar refractivity (Wildman–Crippen MR) is 103 cm³/mol. The van der Waals surface area contributed by atoms with Crippen LogP contribution in [0.15, 0.2) is 42.5 Å². The van der Waals surface area contributed by atoms with E-state index in [0.29, 0.717) is 60.7 Å². The Bertz CT molecular complexity index is 915. The van der Waals surface area contributed by atoms with E-state index in [4.69, 9.17) is 14.2 Å². The molecule has 2 aromatic rings. The predicted octanol–water partition coefficient (Wildman–Crippen LogP) is 3.34. The van der Waals surface area contributed by atoms with E-state index < -0.39 is 5.60 Å². The van der Waals surface area contributed by atoms with Crippen LogP contribution in [-0.2, 0) is 0 Å². The number of fused-ring (bicyclic) bond motifs is 1. The molecule has 1 fully saturated rings. The van der Waals surface area contributed by atoms with Gasteiger partial charge < -0.3 is 19.1 Å². The first-order valence-electron chi connectivity index (χ1n) is 9.38. The van der Waals surface area contributed by atoms with Crippen molar-refractivity contribution < 1.29 is 23.8 Å². The highest BCUT2D eigenvalue weighted by atomic mass is 16.5. The molecule has 146 valence electrons. The minimum Gasteiger partial charge on any atom is -0.497 e. The fourth-order valence-electron chi connectivity index (χ4n) is 3.98. The normalized spacial score (nSPS) is 17.6. The van der Waals surface area contributed by atoms with E-state index in [1.165, 1.54) is 7.11 Å². The third-order valence-electron chi connectivity index (χ3n) is 5.60. The number of hydrogen-bond donors (Lipinski definition) is 0. The second kappa shape index (κ2) is 7.19. The highest BCUT2D eigenvalue weighted by molar-refractivity contribution is 6.00. The van der Waals surface area contributed by atoms with Gasteiger partial charge in [-0.05, 0) is 24.3 Å². The molecule has 1 amide bonds. The van der Waals surface area contributed by atoms with E-state index in [1.54, 1.807) is 36.3 Å². The van der Waals surface area contributed by atoms with E-state index in [2.05, 4.69) is 0 Å². The molecule has 6 heteroatoms. The second-order valence-corrected chi connectivity index (χ2v) is 7.24. The molecule has 2 aromatic carbocycles. The maximum atomic E-state index is 13.0. The molecule has 6 nitrogen and oxygen atoms in total. The zero-order valence-corrected chi connectivity index (χ0v) is 16.1. The Morgan fingerprint density at radius 1 is 1.07 bits per heavy atom. The highest BCUT2D eigenvalue weighted by Gasteiger charge is 2.43. The summed E-state index contributed by atoms with van der Waals surface area (Å²) in [4.78, 5) is 27.4. The fraction of sp³-hybridized carbons (Fsp3) is 0.364. The van der Waals surface area contributed by atoms with Crippen LogP contribution in [0.1, 0.15) is 40.0 Å². The Morgan fingerprint density at radius 3 is 2.54 bits per heavy atom. The lowest BCUT2D eigenvalue weighted by Gasteiger charge is -2.44. The molecule has 0 aliphatic carbocycles. The fourth-order valence-corrected chi connectivity index (χ4v) is 3.98. The summed E-state index contributed by atoms with van der Waals surface area (Å²) in [5, 5.41) is 0. The zero-order valence-electron chi connectivity index (χ0n) is 16.1. The van der Waals surface area contributed by atoms with Crippen molar-refractivity contribution in [1.29, 1.82) is 0 Å². The molecule has 0 N–H and O–H groups in total. The van der Waals surface area contributed by atoms with Gasteiger partial charge in [-0.2, -0.15) is 0 Å². The average molecular weight is 381 g/mol. The van der Waals surface area contributed by atoms with E-state index in [0.717, 1.165) is 0 Å². The molecule has 2 aliphatic rings. The highest BCUT2D eigenvalue weighted by Crippen LogP contribution is 2.39. The smallest absolute Gasteiger partial charge is 0.257 e. The van der Waals surface area contributed by atoms with Gasteiger partial charge in [-0.1, -0.05) is 12.1 Å². The number of nitrogens with zero attached hydrogens (tertiary/aromatic N) is 1. The first-order valence-corrected chi connectivity index (χ1v) is 9.38. The second-order valence-electron chi connectivity index (χ2n) is 7.24. The monoisotopic (exact) mass is 381 g/mol. The summed E-state index contributed by atoms with van der Waals surface area (Å²) in [5.41, 5.74) is 0.631. The summed E-state index contributed by atoms with van der Waals surface area (Å²) in [6, 6.07) is 12.6. The van der Waals surface area contributed by atoms with Gasteiger partial charge in [-0.25, -0.2) is 0 Å². The number of ether oxygens (including phenoxy) is 3. The van der Waals surface area contributed by atoms with Gasteiger partial charge in [0.05, 0.1) is 31.8 Å². The number of piperidine rings is 1. The lowest BCUT2D eigenvalue weighted by Crippen LogP contribution is -2.52. The maximum absolute atomic E-state index is 13.0. The van der Waals surface area contributed by atoms with Crippen LogP contribution in [0.5, 0.6) is 17.2 Å². The molecule has 1 spiro atoms. The van der Waals surface area contributed by atoms with Gasteiger partial charge in [-0.15, -0.1) is 0 Å². The lowest BCUT2D eigenvalue weighted by molar-refractivity contribution is -0.00575. The van der Waals surface area contributed by atoms with Gasteiger partial charge in [0.25, 0.3) is 5.91 Å². The van der Waals surface area contributed by atoms with Crippen molar-refractivity contribution in [3.63, 3.8) is 0 Å². The molecular weight excluding hydrogens is 358 g/mol. The van der Waals surface area contributed by atoms with Crippen LogP contribution < -0.4 is 14.2 Å². The van der Waals surface area contributed by atoms with Crippen LogP contribution in [0, 0.1) is 0 Å². The molecule has 1 saturated heterocycles. The largest absolute Gasteiger partial charge is 0.497 e. The van der Waals surface area contributed by atoms with Crippen LogP contribution in [0.4, 0.5) is 0 Å². The zero-order chi connectivity index (χ0) is 19.7. The van der Waals surface area contributed by atoms with Crippen LogP contribution in [0.25, 0.3) is 0 Å². The van der Waals surface area contributed by atoms with Crippen molar-refractivity contribution in [2.24, 2.45) is 0 Å². The third-order valence-corrected chi connectivity index (χ3v) is 5.60. The number of likely N-dealkylation sites (tertiary alicyclic amines) is 1. The van der Waals surface area contributed by atoms with Gasteiger partial charge in [0.1, 0.15) is 22.8 Å². The number of methoxy groups -OCH3 is 2. The molecule has 0 unspecified atom stereocenters. The van der Waals surface area contributed by atoms with E-state index in [-0.39, 0.29) is 11.7 Å². The summed E-state index contributed by atoms with van der Waals surface area (Å²) < 4.78 is 16.8. The number of Topliss-reactive ketones (excluding diaryl/α,β-unsaturated/α-hetero) is 1. The van der Waals surface area contributed by atoms with Crippen molar-refractivity contribution in [1.82, 2.24) is 4.90 Å². The first-order chi connectivity index (χ1) is 13.5. The number of ketones is 1. The Labute approximate surface area is 164 Å². The lowest BCUT2D eigenvalue weighted by atomic mass is 9.82. The number of amides is 1. The maximum Gasteiger partial charge on any atom is 0.257 e. The molecule has 0 atom stereocenters. The van der Waals surface area contributed by atoms with Crippen molar-refractivity contribution in [3.8, 4) is 17.2 Å². The van der Waals surface area contributed by atoms with Crippen LogP contribution in [-0.4, -0.2) is 49.5 Å². The molecule has 4 rings (SSSR count). The molecule has 2 aliphatic heterocycles. The Morgan fingerprint density at radius 2 is 1.82 bits per heavy atom. The van der Waals surface area contributed by atoms with E-state index >= 15 is 0 Å². The number of hydrogen-bond acceptors (Lipinski definition) is 5. The molecule has 0 radical (unpaired) electrons. The van der Waals surface area contributed by atoms with Gasteiger partial charge in [0.2, 0.25) is 0 Å². The van der Waals surface area contributed by atoms with Gasteiger partial charge >= 0.3 is 0 Å². The minimum absolute atomic E-state index is 0.0862. The number of benzene rings is 2. The van der Waals surface area contributed by atoms with Crippen LogP contribution >= 0.6 is 0 Å². The summed E-state index contributed by atoms with van der Waals surface area (Å²) in [6.07, 6.45) is 1.60. The molecule has 0 bridgehead atoms. The van der Waals surface area contributed by atoms with Crippen molar-refractivity contribution in [2.75, 3.05) is 27.3 Å². The number of rotatable bonds is 3. The van der Waals surface area contributed by atoms with E-state index in [9.17, 15) is 9.59 Å². The van der Waals surface area contributed by atoms with Gasteiger partial charge in [0.15, 0.2) is 5.78 Å². The SMILES string of the molecule is COc1ccc(C(=O)N2CCC3(CC2)CC(=O)c2ccccc2O3)c(OC)c1. The number of para-hydroxylation sites is 1. The summed E-state index contributed by atoms with van der Waals surface area (Å²) in [5.74, 6) is 1.80. The Kier molecular flexibility index (Phi) is 4.71. The molecule has 0 saturated carbocycles. The summed E-state index contributed by atoms with van der Waals surface area (Å²) in [7, 11) is 3.11. The standard InChI is InChI=1S/C22H23NO5/c1-26-15-7-8-17(20(13-15)27-2)21(25)23-11-9-22(10-12-23)14-18(24)16-5-3-4-6-19(16)28-22/h3-8,13H,9-12,14H2,1-2H3. The molecular formula is C22H23NO5. The van der Waals surface area contributed by atoms with Crippen LogP contribution in [0.2, 0.25) is 0 Å². The van der Waals surface area contributed by atoms with Gasteiger partial charge in [0, 0.05) is 32.0 Å². The first kappa shape index (κ1) is 18.3. The molecule has 2 heterocycles. The Hall–Kier alpha value is -3.02. The number of carbonyl (C=O) groups excluding carboxylic acids is 2. The number of carbonyl (C=O) groups is 2. The Balaban J connectivity index is 1.49. The van der Waals surface area contributed by atoms with Crippen molar-refractivity contribution in [2.45, 2.75) is 24.9 Å². The van der Waals surface area contributed by atoms with E-state index in [1.807, 2.05) is 18.2 Å². The van der Waals surface area contributed by atoms with Gasteiger partial charge in [-0.3, -0.25) is 9.59 Å². The van der Waals surface area contributed by atoms with Crippen LogP contribution in [0.3, 0.4) is 0 Å². The third kappa shape index (κ3) is 3.19. The summed E-state index contributed by atoms with van der Waals surface area (Å²) >= 11 is 0. The van der Waals surface area contributed by atoms with Crippen molar-refractivity contribution in [3.05, 3.63) is 53.6 Å². The topological polar surface area (TPSA) is 65.1 Å². The summed E-state index contributed by atoms with van der Waals surface area (Å²) in [6.45, 7) is 1.06. The average Bonchev–Trinajstić information content (AvgIpc) is 2.73. The minimum atomic E-state index is -0.522.